The van der Waals surface area contributed by atoms with Gasteiger partial charge < -0.3 is 4.74 Å². The van der Waals surface area contributed by atoms with Gasteiger partial charge in [0.1, 0.15) is 5.92 Å². The monoisotopic (exact) mass is 220 g/mol. The first-order valence-corrected chi connectivity index (χ1v) is 5.53. The zero-order chi connectivity index (χ0) is 11.5. The normalized spacial score (nSPS) is 30.7. The number of alkyl halides is 2. The molecule has 2 atom stereocenters. The van der Waals surface area contributed by atoms with E-state index in [1.807, 2.05) is 0 Å². The second kappa shape index (κ2) is 4.90. The van der Waals surface area contributed by atoms with E-state index in [1.54, 1.807) is 13.8 Å². The first kappa shape index (κ1) is 12.4. The van der Waals surface area contributed by atoms with Gasteiger partial charge >= 0.3 is 5.97 Å². The summed E-state index contributed by atoms with van der Waals surface area (Å²) >= 11 is 0. The van der Waals surface area contributed by atoms with Gasteiger partial charge in [0.2, 0.25) is 0 Å². The number of carbonyl (C=O) groups is 1. The van der Waals surface area contributed by atoms with Crippen LogP contribution in [-0.2, 0) is 9.53 Å². The lowest BCUT2D eigenvalue weighted by atomic mass is 9.87. The molecule has 0 aromatic rings. The zero-order valence-corrected chi connectivity index (χ0v) is 9.26. The van der Waals surface area contributed by atoms with Crippen molar-refractivity contribution in [1.82, 2.24) is 0 Å². The summed E-state index contributed by atoms with van der Waals surface area (Å²) in [7, 11) is 0. The van der Waals surface area contributed by atoms with Crippen LogP contribution in [0.5, 0.6) is 0 Å². The summed E-state index contributed by atoms with van der Waals surface area (Å²) in [5.41, 5.74) is 0. The molecule has 15 heavy (non-hydrogen) atoms. The SMILES string of the molecule is CCOC(=O)C1[C@H](C)CCCCC1(F)F. The number of esters is 1. The lowest BCUT2D eigenvalue weighted by Crippen LogP contribution is -2.39. The van der Waals surface area contributed by atoms with Crippen molar-refractivity contribution >= 4 is 5.97 Å². The summed E-state index contributed by atoms with van der Waals surface area (Å²) in [5, 5.41) is 0. The molecule has 0 aromatic heterocycles. The maximum atomic E-state index is 13.7. The summed E-state index contributed by atoms with van der Waals surface area (Å²) in [4.78, 5) is 11.5. The van der Waals surface area contributed by atoms with Crippen LogP contribution in [-0.4, -0.2) is 18.5 Å². The molecule has 0 N–H and O–H groups in total. The molecule has 1 aliphatic rings. The average molecular weight is 220 g/mol. The van der Waals surface area contributed by atoms with Crippen LogP contribution in [0.15, 0.2) is 0 Å². The quantitative estimate of drug-likeness (QED) is 0.528. The van der Waals surface area contributed by atoms with E-state index >= 15 is 0 Å². The average Bonchev–Trinajstić information content (AvgIpc) is 2.24. The Morgan fingerprint density at radius 1 is 1.47 bits per heavy atom. The van der Waals surface area contributed by atoms with Gasteiger partial charge in [0, 0.05) is 6.42 Å². The van der Waals surface area contributed by atoms with E-state index in [1.165, 1.54) is 0 Å². The molecule has 2 nitrogen and oxygen atoms in total. The number of carbonyl (C=O) groups excluding carboxylic acids is 1. The second-order valence-electron chi connectivity index (χ2n) is 4.21. The van der Waals surface area contributed by atoms with Gasteiger partial charge in [-0.05, 0) is 25.7 Å². The van der Waals surface area contributed by atoms with Crippen molar-refractivity contribution in [3.05, 3.63) is 0 Å². The van der Waals surface area contributed by atoms with Crippen molar-refractivity contribution in [2.24, 2.45) is 11.8 Å². The molecular formula is C11H18F2O2. The highest BCUT2D eigenvalue weighted by Crippen LogP contribution is 2.40. The molecule has 1 rings (SSSR count). The number of hydrogen-bond acceptors (Lipinski definition) is 2. The zero-order valence-electron chi connectivity index (χ0n) is 9.26. The predicted molar refractivity (Wildman–Crippen MR) is 52.7 cm³/mol. The van der Waals surface area contributed by atoms with Gasteiger partial charge in [-0.3, -0.25) is 4.79 Å². The molecule has 1 unspecified atom stereocenters. The van der Waals surface area contributed by atoms with Gasteiger partial charge in [0.15, 0.2) is 0 Å². The number of hydrogen-bond donors (Lipinski definition) is 0. The molecule has 0 heterocycles. The standard InChI is InChI=1S/C11H18F2O2/c1-3-15-10(14)9-8(2)6-4-5-7-11(9,12)13/h8-9H,3-7H2,1-2H3/t8-,9?/m1/s1. The molecule has 0 radical (unpaired) electrons. The summed E-state index contributed by atoms with van der Waals surface area (Å²) < 4.78 is 32.0. The Kier molecular flexibility index (Phi) is 4.05. The predicted octanol–water partition coefficient (Wildman–Crippen LogP) is 3.01. The molecule has 1 fully saturated rings. The molecule has 1 saturated carbocycles. The summed E-state index contributed by atoms with van der Waals surface area (Å²) in [5.74, 6) is -5.18. The van der Waals surface area contributed by atoms with E-state index in [4.69, 9.17) is 4.74 Å². The van der Waals surface area contributed by atoms with E-state index in [-0.39, 0.29) is 18.9 Å². The molecule has 0 spiro atoms. The highest BCUT2D eigenvalue weighted by atomic mass is 19.3. The first-order chi connectivity index (χ1) is 6.99. The lowest BCUT2D eigenvalue weighted by Gasteiger charge is -2.27. The molecule has 88 valence electrons. The Balaban J connectivity index is 2.81. The van der Waals surface area contributed by atoms with Crippen LogP contribution in [0.3, 0.4) is 0 Å². The van der Waals surface area contributed by atoms with E-state index in [9.17, 15) is 13.6 Å². The van der Waals surface area contributed by atoms with Gasteiger partial charge in [-0.1, -0.05) is 13.3 Å². The van der Waals surface area contributed by atoms with Crippen molar-refractivity contribution in [2.75, 3.05) is 6.61 Å². The third-order valence-electron chi connectivity index (χ3n) is 2.98. The fourth-order valence-corrected chi connectivity index (χ4v) is 2.20. The largest absolute Gasteiger partial charge is 0.466 e. The maximum absolute atomic E-state index is 13.7. The molecule has 4 heteroatoms. The highest BCUT2D eigenvalue weighted by molar-refractivity contribution is 5.74. The van der Waals surface area contributed by atoms with Crippen molar-refractivity contribution < 1.29 is 18.3 Å². The third-order valence-corrected chi connectivity index (χ3v) is 2.98. The Hall–Kier alpha value is -0.670. The van der Waals surface area contributed by atoms with E-state index in [2.05, 4.69) is 0 Å². The van der Waals surface area contributed by atoms with Crippen LogP contribution < -0.4 is 0 Å². The van der Waals surface area contributed by atoms with E-state index in [0.717, 1.165) is 6.42 Å². The second-order valence-corrected chi connectivity index (χ2v) is 4.21. The molecule has 0 amide bonds. The van der Waals surface area contributed by atoms with Gasteiger partial charge in [-0.15, -0.1) is 0 Å². The fourth-order valence-electron chi connectivity index (χ4n) is 2.20. The lowest BCUT2D eigenvalue weighted by molar-refractivity contribution is -0.168. The Bertz CT molecular complexity index is 229. The van der Waals surface area contributed by atoms with Crippen LogP contribution in [0.2, 0.25) is 0 Å². The molecular weight excluding hydrogens is 202 g/mol. The molecule has 1 aliphatic carbocycles. The van der Waals surface area contributed by atoms with Crippen molar-refractivity contribution in [3.63, 3.8) is 0 Å². The first-order valence-electron chi connectivity index (χ1n) is 5.53. The van der Waals surface area contributed by atoms with Crippen molar-refractivity contribution in [2.45, 2.75) is 45.5 Å². The number of ether oxygens (including phenoxy) is 1. The van der Waals surface area contributed by atoms with Crippen molar-refractivity contribution in [3.8, 4) is 0 Å². The van der Waals surface area contributed by atoms with Crippen LogP contribution in [0, 0.1) is 11.8 Å². The summed E-state index contributed by atoms with van der Waals surface area (Å²) in [6, 6.07) is 0. The minimum absolute atomic E-state index is 0.165. The minimum Gasteiger partial charge on any atom is -0.466 e. The summed E-state index contributed by atoms with van der Waals surface area (Å²) in [6.07, 6.45) is 1.75. The van der Waals surface area contributed by atoms with E-state index < -0.39 is 17.8 Å². The van der Waals surface area contributed by atoms with Crippen LogP contribution in [0.25, 0.3) is 0 Å². The topological polar surface area (TPSA) is 26.3 Å². The highest BCUT2D eigenvalue weighted by Gasteiger charge is 2.48. The minimum atomic E-state index is -2.90. The Morgan fingerprint density at radius 3 is 2.73 bits per heavy atom. The molecule has 0 aromatic carbocycles. The Morgan fingerprint density at radius 2 is 2.13 bits per heavy atom. The van der Waals surface area contributed by atoms with Crippen LogP contribution in [0.4, 0.5) is 8.78 Å². The Labute approximate surface area is 89.0 Å². The maximum Gasteiger partial charge on any atom is 0.315 e. The van der Waals surface area contributed by atoms with Crippen LogP contribution in [0.1, 0.15) is 39.5 Å². The smallest absolute Gasteiger partial charge is 0.315 e. The summed E-state index contributed by atoms with van der Waals surface area (Å²) in [6.45, 7) is 3.51. The number of rotatable bonds is 2. The molecule has 0 bridgehead atoms. The third kappa shape index (κ3) is 2.89. The fraction of sp³-hybridized carbons (Fsp3) is 0.909. The van der Waals surface area contributed by atoms with Crippen LogP contribution >= 0.6 is 0 Å². The van der Waals surface area contributed by atoms with Gasteiger partial charge in [0.25, 0.3) is 5.92 Å². The van der Waals surface area contributed by atoms with Gasteiger partial charge in [0.05, 0.1) is 6.61 Å². The number of halogens is 2. The van der Waals surface area contributed by atoms with Gasteiger partial charge in [-0.25, -0.2) is 8.78 Å². The molecule has 0 aliphatic heterocycles. The molecule has 0 saturated heterocycles. The van der Waals surface area contributed by atoms with Gasteiger partial charge in [-0.2, -0.15) is 0 Å². The van der Waals surface area contributed by atoms with E-state index in [0.29, 0.717) is 12.8 Å². The van der Waals surface area contributed by atoms with Crippen molar-refractivity contribution in [1.29, 1.82) is 0 Å².